The Balaban J connectivity index is 2.10. The third-order valence-corrected chi connectivity index (χ3v) is 3.25. The van der Waals surface area contributed by atoms with Gasteiger partial charge in [-0.05, 0) is 25.1 Å². The molecule has 2 aromatic rings. The zero-order valence-corrected chi connectivity index (χ0v) is 10.5. The van der Waals surface area contributed by atoms with Gasteiger partial charge in [-0.2, -0.15) is 5.26 Å². The van der Waals surface area contributed by atoms with Crippen molar-refractivity contribution in [1.82, 2.24) is 4.98 Å². The Bertz CT molecular complexity index is 587. The number of hydrogen-bond donors (Lipinski definition) is 0. The van der Waals surface area contributed by atoms with Crippen molar-refractivity contribution in [3.05, 3.63) is 52.0 Å². The zero-order chi connectivity index (χ0) is 13.0. The van der Waals surface area contributed by atoms with Gasteiger partial charge < -0.3 is 4.74 Å². The first-order valence-corrected chi connectivity index (χ1v) is 6.19. The molecule has 0 aliphatic carbocycles. The summed E-state index contributed by atoms with van der Waals surface area (Å²) in [5.74, 6) is -0.449. The molecule has 1 aromatic heterocycles. The number of esters is 1. The average Bonchev–Trinajstić information content (AvgIpc) is 2.92. The second kappa shape index (κ2) is 5.43. The molecule has 2 rings (SSSR count). The Morgan fingerprint density at radius 2 is 2.39 bits per heavy atom. The van der Waals surface area contributed by atoms with Crippen LogP contribution in [0.2, 0.25) is 0 Å². The van der Waals surface area contributed by atoms with Crippen LogP contribution < -0.4 is 0 Å². The van der Waals surface area contributed by atoms with Gasteiger partial charge in [-0.15, -0.1) is 11.3 Å². The molecule has 0 aliphatic heterocycles. The van der Waals surface area contributed by atoms with Crippen LogP contribution >= 0.6 is 11.3 Å². The molecular weight excluding hydrogens is 248 g/mol. The predicted molar refractivity (Wildman–Crippen MR) is 67.1 cm³/mol. The van der Waals surface area contributed by atoms with Crippen LogP contribution in [0.25, 0.3) is 0 Å². The Kier molecular flexibility index (Phi) is 3.70. The fourth-order valence-corrected chi connectivity index (χ4v) is 2.05. The Morgan fingerprint density at radius 1 is 1.56 bits per heavy atom. The fourth-order valence-electron chi connectivity index (χ4n) is 1.43. The molecule has 0 amide bonds. The lowest BCUT2D eigenvalue weighted by Crippen LogP contribution is -2.09. The molecule has 90 valence electrons. The minimum absolute atomic E-state index is 0.373. The van der Waals surface area contributed by atoms with Gasteiger partial charge in [0.15, 0.2) is 6.10 Å². The lowest BCUT2D eigenvalue weighted by molar-refractivity contribution is 0.0337. The highest BCUT2D eigenvalue weighted by atomic mass is 32.1. The second-order valence-corrected chi connectivity index (χ2v) is 4.54. The number of carbonyl (C=O) groups is 1. The number of carbonyl (C=O) groups excluding carboxylic acids is 1. The van der Waals surface area contributed by atoms with E-state index in [2.05, 4.69) is 4.98 Å². The van der Waals surface area contributed by atoms with E-state index in [1.807, 2.05) is 11.4 Å². The summed E-state index contributed by atoms with van der Waals surface area (Å²) in [4.78, 5) is 15.9. The first kappa shape index (κ1) is 12.3. The summed E-state index contributed by atoms with van der Waals surface area (Å²) in [6.07, 6.45) is 1.28. The molecular formula is C13H10N2O2S. The minimum atomic E-state index is -0.449. The van der Waals surface area contributed by atoms with Crippen LogP contribution in [-0.4, -0.2) is 11.0 Å². The van der Waals surface area contributed by atoms with E-state index in [1.165, 1.54) is 17.4 Å². The first-order chi connectivity index (χ1) is 8.70. The van der Waals surface area contributed by atoms with Gasteiger partial charge >= 0.3 is 5.97 Å². The van der Waals surface area contributed by atoms with E-state index in [0.29, 0.717) is 11.1 Å². The smallest absolute Gasteiger partial charge is 0.338 e. The van der Waals surface area contributed by atoms with E-state index in [0.717, 1.165) is 5.01 Å². The molecule has 4 nitrogen and oxygen atoms in total. The third kappa shape index (κ3) is 2.73. The summed E-state index contributed by atoms with van der Waals surface area (Å²) in [5, 5.41) is 11.3. The molecule has 0 fully saturated rings. The number of aromatic nitrogens is 1. The van der Waals surface area contributed by atoms with Gasteiger partial charge in [-0.25, -0.2) is 9.78 Å². The van der Waals surface area contributed by atoms with Crippen molar-refractivity contribution in [2.24, 2.45) is 0 Å². The van der Waals surface area contributed by atoms with E-state index < -0.39 is 5.97 Å². The summed E-state index contributed by atoms with van der Waals surface area (Å²) >= 11 is 1.44. The molecule has 0 spiro atoms. The lowest BCUT2D eigenvalue weighted by Gasteiger charge is -2.10. The molecule has 1 aromatic carbocycles. The largest absolute Gasteiger partial charge is 0.452 e. The van der Waals surface area contributed by atoms with Crippen molar-refractivity contribution in [3.63, 3.8) is 0 Å². The number of nitrogens with zero attached hydrogens (tertiary/aromatic N) is 2. The summed E-state index contributed by atoms with van der Waals surface area (Å²) in [6, 6.07) is 8.41. The van der Waals surface area contributed by atoms with E-state index in [1.54, 1.807) is 31.3 Å². The molecule has 0 saturated heterocycles. The van der Waals surface area contributed by atoms with Crippen molar-refractivity contribution in [2.45, 2.75) is 13.0 Å². The number of ether oxygens (including phenoxy) is 1. The summed E-state index contributed by atoms with van der Waals surface area (Å²) in [6.45, 7) is 1.77. The maximum absolute atomic E-state index is 11.9. The van der Waals surface area contributed by atoms with Gasteiger partial charge in [-0.3, -0.25) is 0 Å². The van der Waals surface area contributed by atoms with Gasteiger partial charge in [-0.1, -0.05) is 6.07 Å². The average molecular weight is 258 g/mol. The lowest BCUT2D eigenvalue weighted by atomic mass is 10.1. The van der Waals surface area contributed by atoms with Crippen molar-refractivity contribution < 1.29 is 9.53 Å². The number of hydrogen-bond acceptors (Lipinski definition) is 5. The van der Waals surface area contributed by atoms with E-state index >= 15 is 0 Å². The first-order valence-electron chi connectivity index (χ1n) is 5.31. The van der Waals surface area contributed by atoms with Crippen LogP contribution in [0.5, 0.6) is 0 Å². The van der Waals surface area contributed by atoms with Gasteiger partial charge in [0.25, 0.3) is 0 Å². The Hall–Kier alpha value is -2.19. The maximum Gasteiger partial charge on any atom is 0.338 e. The van der Waals surface area contributed by atoms with Crippen LogP contribution in [0.3, 0.4) is 0 Å². The molecule has 0 bridgehead atoms. The highest BCUT2D eigenvalue weighted by Gasteiger charge is 2.15. The Morgan fingerprint density at radius 3 is 3.06 bits per heavy atom. The minimum Gasteiger partial charge on any atom is -0.452 e. The van der Waals surface area contributed by atoms with Crippen LogP contribution in [0.15, 0.2) is 35.8 Å². The zero-order valence-electron chi connectivity index (χ0n) is 9.66. The van der Waals surface area contributed by atoms with Crippen molar-refractivity contribution in [3.8, 4) is 6.07 Å². The number of nitriles is 1. The number of rotatable bonds is 3. The predicted octanol–water partition coefficient (Wildman–Crippen LogP) is 2.93. The summed E-state index contributed by atoms with van der Waals surface area (Å²) in [7, 11) is 0. The quantitative estimate of drug-likeness (QED) is 0.794. The monoisotopic (exact) mass is 258 g/mol. The Labute approximate surface area is 108 Å². The SMILES string of the molecule is CC(OC(=O)c1cccc(C#N)c1)c1nccs1. The van der Waals surface area contributed by atoms with Gasteiger partial charge in [0.1, 0.15) is 5.01 Å². The molecule has 0 saturated carbocycles. The standard InChI is InChI=1S/C13H10N2O2S/c1-9(12-15-5-6-18-12)17-13(16)11-4-2-3-10(7-11)8-14/h2-7,9H,1H3. The molecule has 0 aliphatic rings. The molecule has 18 heavy (non-hydrogen) atoms. The van der Waals surface area contributed by atoms with Crippen LogP contribution in [0.1, 0.15) is 34.0 Å². The van der Waals surface area contributed by atoms with Crippen LogP contribution in [0, 0.1) is 11.3 Å². The van der Waals surface area contributed by atoms with Crippen molar-refractivity contribution >= 4 is 17.3 Å². The third-order valence-electron chi connectivity index (χ3n) is 2.31. The highest BCUT2D eigenvalue weighted by molar-refractivity contribution is 7.09. The van der Waals surface area contributed by atoms with Gasteiger partial charge in [0.2, 0.25) is 0 Å². The molecule has 0 radical (unpaired) electrons. The number of thiazole rings is 1. The molecule has 5 heteroatoms. The molecule has 1 unspecified atom stereocenters. The van der Waals surface area contributed by atoms with Crippen LogP contribution in [0.4, 0.5) is 0 Å². The van der Waals surface area contributed by atoms with Gasteiger partial charge in [0, 0.05) is 11.6 Å². The maximum atomic E-state index is 11.9. The number of benzene rings is 1. The molecule has 1 atom stereocenters. The summed E-state index contributed by atoms with van der Waals surface area (Å²) < 4.78 is 5.28. The van der Waals surface area contributed by atoms with Crippen molar-refractivity contribution in [1.29, 1.82) is 5.26 Å². The molecule has 1 heterocycles. The van der Waals surface area contributed by atoms with Gasteiger partial charge in [0.05, 0.1) is 17.2 Å². The topological polar surface area (TPSA) is 63.0 Å². The van der Waals surface area contributed by atoms with E-state index in [4.69, 9.17) is 10.00 Å². The molecule has 0 N–H and O–H groups in total. The van der Waals surface area contributed by atoms with E-state index in [9.17, 15) is 4.79 Å². The fraction of sp³-hybridized carbons (Fsp3) is 0.154. The van der Waals surface area contributed by atoms with Crippen molar-refractivity contribution in [2.75, 3.05) is 0 Å². The summed E-state index contributed by atoms with van der Waals surface area (Å²) in [5.41, 5.74) is 0.809. The highest BCUT2D eigenvalue weighted by Crippen LogP contribution is 2.20. The second-order valence-electron chi connectivity index (χ2n) is 3.61. The van der Waals surface area contributed by atoms with E-state index in [-0.39, 0.29) is 6.10 Å². The normalized spacial score (nSPS) is 11.6. The van der Waals surface area contributed by atoms with Crippen LogP contribution in [-0.2, 0) is 4.74 Å².